The van der Waals surface area contributed by atoms with Gasteiger partial charge in [-0.25, -0.2) is 9.13 Å². The van der Waals surface area contributed by atoms with E-state index >= 15 is 0 Å². The number of hydrogen-bond donors (Lipinski definition) is 3. The molecule has 19 heteroatoms. The van der Waals surface area contributed by atoms with Crippen molar-refractivity contribution in [2.75, 3.05) is 39.6 Å². The van der Waals surface area contributed by atoms with Gasteiger partial charge in [0.25, 0.3) is 0 Å². The second kappa shape index (κ2) is 72.0. The zero-order valence-electron chi connectivity index (χ0n) is 63.9. The average Bonchev–Trinajstić information content (AvgIpc) is 1.38. The van der Waals surface area contributed by atoms with Gasteiger partial charge in [0.15, 0.2) is 12.2 Å². The van der Waals surface area contributed by atoms with Crippen molar-refractivity contribution in [2.24, 2.45) is 5.92 Å². The Hall–Kier alpha value is -1.94. The molecule has 0 heterocycles. The molecule has 0 bridgehead atoms. The number of esters is 4. The zero-order chi connectivity index (χ0) is 71.9. The van der Waals surface area contributed by atoms with E-state index in [4.69, 9.17) is 37.0 Å². The van der Waals surface area contributed by atoms with Crippen LogP contribution in [0.4, 0.5) is 0 Å². The van der Waals surface area contributed by atoms with Crippen molar-refractivity contribution in [3.63, 3.8) is 0 Å². The fourth-order valence-corrected chi connectivity index (χ4v) is 13.8. The van der Waals surface area contributed by atoms with Crippen LogP contribution < -0.4 is 0 Å². The maximum atomic E-state index is 13.1. The third-order valence-electron chi connectivity index (χ3n) is 18.5. The quantitative estimate of drug-likeness (QED) is 0.0222. The fraction of sp³-hybridized carbons (Fsp3) is 0.949. The Morgan fingerprint density at radius 3 is 0.694 bits per heavy atom. The Morgan fingerprint density at radius 2 is 0.469 bits per heavy atom. The lowest BCUT2D eigenvalue weighted by Gasteiger charge is -2.21. The lowest BCUT2D eigenvalue weighted by atomic mass is 10.0. The Labute approximate surface area is 600 Å². The largest absolute Gasteiger partial charge is 0.472 e. The Morgan fingerprint density at radius 1 is 0.276 bits per heavy atom. The van der Waals surface area contributed by atoms with E-state index in [0.717, 1.165) is 95.8 Å². The summed E-state index contributed by atoms with van der Waals surface area (Å²) in [5.74, 6) is -1.38. The molecule has 5 atom stereocenters. The summed E-state index contributed by atoms with van der Waals surface area (Å²) >= 11 is 0. The molecule has 0 aromatic rings. The average molecular weight is 1440 g/mol. The van der Waals surface area contributed by atoms with Gasteiger partial charge in [0.05, 0.1) is 26.4 Å². The highest BCUT2D eigenvalue weighted by atomic mass is 31.2. The monoisotopic (exact) mass is 1440 g/mol. The molecule has 0 spiro atoms. The van der Waals surface area contributed by atoms with E-state index in [1.54, 1.807) is 0 Å². The number of carbonyl (C=O) groups excluding carboxylic acids is 4. The summed E-state index contributed by atoms with van der Waals surface area (Å²) in [4.78, 5) is 72.9. The zero-order valence-corrected chi connectivity index (χ0v) is 65.7. The van der Waals surface area contributed by atoms with E-state index in [1.807, 2.05) is 0 Å². The molecule has 2 unspecified atom stereocenters. The molecule has 17 nitrogen and oxygen atoms in total. The van der Waals surface area contributed by atoms with E-state index < -0.39 is 97.5 Å². The van der Waals surface area contributed by atoms with E-state index in [-0.39, 0.29) is 25.7 Å². The van der Waals surface area contributed by atoms with Gasteiger partial charge in [-0.3, -0.25) is 37.3 Å². The molecule has 0 radical (unpaired) electrons. The maximum Gasteiger partial charge on any atom is 0.472 e. The first-order chi connectivity index (χ1) is 47.5. The maximum absolute atomic E-state index is 13.1. The van der Waals surface area contributed by atoms with Crippen LogP contribution in [-0.2, 0) is 65.4 Å². The SMILES string of the molecule is CCCCCCCCCCCCCCCCCCCCCCCC(=O)O[C@H](COC(=O)CCCCCCCCCCCCCCCCCC)COP(=O)(O)OC[C@@H](O)COP(=O)(O)OC[C@@H](COC(=O)CCCCCCCCCCC)OC(=O)CCCCCCCCCCCC(C)C. The van der Waals surface area contributed by atoms with Gasteiger partial charge in [-0.15, -0.1) is 0 Å². The molecular formula is C79H154O17P2. The second-order valence-corrected chi connectivity index (χ2v) is 31.8. The number of phosphoric acid groups is 2. The van der Waals surface area contributed by atoms with Gasteiger partial charge in [-0.05, 0) is 31.6 Å². The van der Waals surface area contributed by atoms with Crippen LogP contribution in [0, 0.1) is 5.92 Å². The second-order valence-electron chi connectivity index (χ2n) is 28.9. The van der Waals surface area contributed by atoms with Crippen LogP contribution in [-0.4, -0.2) is 96.7 Å². The van der Waals surface area contributed by atoms with Crippen LogP contribution >= 0.6 is 15.6 Å². The van der Waals surface area contributed by atoms with Crippen LogP contribution in [0.2, 0.25) is 0 Å². The van der Waals surface area contributed by atoms with Crippen molar-refractivity contribution in [2.45, 2.75) is 438 Å². The van der Waals surface area contributed by atoms with E-state index in [2.05, 4.69) is 34.6 Å². The minimum atomic E-state index is -4.96. The van der Waals surface area contributed by atoms with E-state index in [0.29, 0.717) is 25.7 Å². The molecule has 0 rings (SSSR count). The lowest BCUT2D eigenvalue weighted by Crippen LogP contribution is -2.30. The molecule has 0 aliphatic heterocycles. The normalized spacial score (nSPS) is 13.9. The summed E-state index contributed by atoms with van der Waals surface area (Å²) in [7, 11) is -9.91. The van der Waals surface area contributed by atoms with E-state index in [9.17, 15) is 43.2 Å². The lowest BCUT2D eigenvalue weighted by molar-refractivity contribution is -0.161. The van der Waals surface area contributed by atoms with Crippen molar-refractivity contribution in [3.05, 3.63) is 0 Å². The van der Waals surface area contributed by atoms with Gasteiger partial charge in [0, 0.05) is 25.7 Å². The molecule has 0 aromatic heterocycles. The van der Waals surface area contributed by atoms with Crippen molar-refractivity contribution in [1.82, 2.24) is 0 Å². The number of hydrogen-bond acceptors (Lipinski definition) is 15. The molecule has 0 aliphatic carbocycles. The van der Waals surface area contributed by atoms with Crippen molar-refractivity contribution in [1.29, 1.82) is 0 Å². The number of ether oxygens (including phenoxy) is 4. The smallest absolute Gasteiger partial charge is 0.462 e. The molecule has 0 aromatic carbocycles. The highest BCUT2D eigenvalue weighted by molar-refractivity contribution is 7.47. The van der Waals surface area contributed by atoms with Crippen LogP contribution in [0.15, 0.2) is 0 Å². The summed E-state index contributed by atoms with van der Waals surface area (Å²) in [6, 6.07) is 0. The van der Waals surface area contributed by atoms with Gasteiger partial charge >= 0.3 is 39.5 Å². The first kappa shape index (κ1) is 96.1. The number of phosphoric ester groups is 2. The minimum Gasteiger partial charge on any atom is -0.462 e. The molecule has 0 saturated carbocycles. The summed E-state index contributed by atoms with van der Waals surface area (Å²) in [6.07, 6.45) is 62.6. The standard InChI is InChI=1S/C79H154O17P2/c1-6-9-12-15-18-21-23-25-27-29-30-31-32-33-35-37-39-44-49-54-59-64-78(83)95-75(69-90-77(82)63-58-53-48-43-38-36-34-28-26-24-22-19-16-13-10-7-2)71-94-98(87,88)92-67-73(80)66-91-97(85,86)93-70-74(68-89-76(81)62-57-52-47-41-20-17-14-11-8-3)96-79(84)65-60-55-50-45-40-42-46-51-56-61-72(4)5/h72-75,80H,6-71H2,1-5H3,(H,85,86)(H,87,88)/t73-,74+,75+/m0/s1. The molecule has 3 N–H and O–H groups in total. The first-order valence-electron chi connectivity index (χ1n) is 41.1. The highest BCUT2D eigenvalue weighted by Gasteiger charge is 2.30. The van der Waals surface area contributed by atoms with Gasteiger partial charge in [-0.1, -0.05) is 369 Å². The van der Waals surface area contributed by atoms with Crippen LogP contribution in [0.25, 0.3) is 0 Å². The number of aliphatic hydroxyl groups excluding tert-OH is 1. The third-order valence-corrected chi connectivity index (χ3v) is 20.4. The van der Waals surface area contributed by atoms with Crippen LogP contribution in [0.1, 0.15) is 420 Å². The predicted molar refractivity (Wildman–Crippen MR) is 400 cm³/mol. The van der Waals surface area contributed by atoms with E-state index in [1.165, 1.54) is 244 Å². The summed E-state index contributed by atoms with van der Waals surface area (Å²) in [5.41, 5.74) is 0. The molecule has 0 aliphatic rings. The topological polar surface area (TPSA) is 237 Å². The fourth-order valence-electron chi connectivity index (χ4n) is 12.2. The Bertz CT molecular complexity index is 1870. The van der Waals surface area contributed by atoms with Crippen molar-refractivity contribution < 1.29 is 80.2 Å². The predicted octanol–water partition coefficient (Wildman–Crippen LogP) is 23.6. The summed E-state index contributed by atoms with van der Waals surface area (Å²) < 4.78 is 68.6. The first-order valence-corrected chi connectivity index (χ1v) is 44.1. The number of aliphatic hydroxyl groups is 1. The molecule has 0 saturated heterocycles. The van der Waals surface area contributed by atoms with Gasteiger partial charge in [-0.2, -0.15) is 0 Å². The van der Waals surface area contributed by atoms with Gasteiger partial charge in [0.1, 0.15) is 19.3 Å². The number of carbonyl (C=O) groups is 4. The number of unbranched alkanes of at least 4 members (excludes halogenated alkanes) is 51. The highest BCUT2D eigenvalue weighted by Crippen LogP contribution is 2.45. The molecule has 582 valence electrons. The minimum absolute atomic E-state index is 0.106. The van der Waals surface area contributed by atoms with Crippen LogP contribution in [0.3, 0.4) is 0 Å². The summed E-state index contributed by atoms with van der Waals surface area (Å²) in [5, 5.41) is 10.6. The van der Waals surface area contributed by atoms with Gasteiger partial charge in [0.2, 0.25) is 0 Å². The molecule has 98 heavy (non-hydrogen) atoms. The van der Waals surface area contributed by atoms with Crippen molar-refractivity contribution in [3.8, 4) is 0 Å². The number of rotatable bonds is 79. The van der Waals surface area contributed by atoms with Gasteiger partial charge < -0.3 is 33.8 Å². The van der Waals surface area contributed by atoms with Crippen molar-refractivity contribution >= 4 is 39.5 Å². The third kappa shape index (κ3) is 72.4. The molecule has 0 fully saturated rings. The molecule has 0 amide bonds. The molecular weight excluding hydrogens is 1280 g/mol. The Kier molecular flexibility index (Phi) is 70.6. The van der Waals surface area contributed by atoms with Crippen LogP contribution in [0.5, 0.6) is 0 Å². The summed E-state index contributed by atoms with van der Waals surface area (Å²) in [6.45, 7) is 7.27. The Balaban J connectivity index is 5.20.